The first kappa shape index (κ1) is 19.9. The molecule has 2 saturated heterocycles. The summed E-state index contributed by atoms with van der Waals surface area (Å²) in [4.78, 5) is 28.9. The lowest BCUT2D eigenvalue weighted by atomic mass is 9.99. The van der Waals surface area contributed by atoms with Crippen molar-refractivity contribution in [2.45, 2.75) is 58.4 Å². The normalized spacial score (nSPS) is 27.2. The van der Waals surface area contributed by atoms with Crippen molar-refractivity contribution in [2.75, 3.05) is 26.2 Å². The maximum atomic E-state index is 12.6. The molecule has 0 aromatic carbocycles. The molecule has 2 fully saturated rings. The molecule has 0 unspecified atom stereocenters. The minimum absolute atomic E-state index is 0.00152. The Balaban J connectivity index is 1.50. The maximum absolute atomic E-state index is 12.6. The third-order valence-electron chi connectivity index (χ3n) is 5.48. The highest BCUT2D eigenvalue weighted by atomic mass is 16.5. The first-order valence-corrected chi connectivity index (χ1v) is 9.73. The Labute approximate surface area is 161 Å². The van der Waals surface area contributed by atoms with Crippen molar-refractivity contribution in [3.8, 4) is 0 Å². The maximum Gasteiger partial charge on any atom is 0.225 e. The monoisotopic (exact) mass is 377 g/mol. The summed E-state index contributed by atoms with van der Waals surface area (Å²) in [6.45, 7) is 11.6. The van der Waals surface area contributed by atoms with Crippen LogP contribution in [-0.2, 0) is 20.9 Å². The largest absolute Gasteiger partial charge is 0.467 e. The quantitative estimate of drug-likeness (QED) is 0.816. The SMILES string of the molecule is C[C@@H]1CN(C(C)(C)CNC(=O)[C@@H]2CC(=O)N(Cc3ccco3)C2)C[C@@H](C)O1. The second-order valence-corrected chi connectivity index (χ2v) is 8.45. The number of hydrogen-bond donors (Lipinski definition) is 1. The molecule has 3 rings (SSSR count). The number of furan rings is 1. The Bertz CT molecular complexity index is 648. The fourth-order valence-corrected chi connectivity index (χ4v) is 3.92. The topological polar surface area (TPSA) is 75.0 Å². The van der Waals surface area contributed by atoms with Crippen LogP contribution in [0.3, 0.4) is 0 Å². The van der Waals surface area contributed by atoms with Crippen molar-refractivity contribution in [3.63, 3.8) is 0 Å². The highest BCUT2D eigenvalue weighted by Gasteiger charge is 2.37. The average Bonchev–Trinajstić information content (AvgIpc) is 3.23. The van der Waals surface area contributed by atoms with Gasteiger partial charge in [-0.15, -0.1) is 0 Å². The summed E-state index contributed by atoms with van der Waals surface area (Å²) in [6.07, 6.45) is 2.23. The summed E-state index contributed by atoms with van der Waals surface area (Å²) >= 11 is 0. The number of amides is 2. The molecule has 0 bridgehead atoms. The first-order chi connectivity index (χ1) is 12.7. The lowest BCUT2D eigenvalue weighted by Crippen LogP contribution is -2.59. The van der Waals surface area contributed by atoms with E-state index in [0.29, 0.717) is 19.6 Å². The van der Waals surface area contributed by atoms with Crippen molar-refractivity contribution in [2.24, 2.45) is 5.92 Å². The van der Waals surface area contributed by atoms with E-state index >= 15 is 0 Å². The van der Waals surface area contributed by atoms with Gasteiger partial charge in [0.1, 0.15) is 5.76 Å². The summed E-state index contributed by atoms with van der Waals surface area (Å²) in [5, 5.41) is 3.07. The molecule has 2 aliphatic rings. The number of ether oxygens (including phenoxy) is 1. The van der Waals surface area contributed by atoms with Gasteiger partial charge in [-0.25, -0.2) is 0 Å². The number of carbonyl (C=O) groups excluding carboxylic acids is 2. The molecular weight excluding hydrogens is 346 g/mol. The van der Waals surface area contributed by atoms with Gasteiger partial charge in [0, 0.05) is 38.1 Å². The molecule has 2 amide bonds. The highest BCUT2D eigenvalue weighted by Crippen LogP contribution is 2.23. The molecule has 1 aromatic heterocycles. The van der Waals surface area contributed by atoms with E-state index in [2.05, 4.69) is 37.9 Å². The van der Waals surface area contributed by atoms with Crippen LogP contribution in [0.1, 0.15) is 39.9 Å². The van der Waals surface area contributed by atoms with Crippen molar-refractivity contribution in [1.29, 1.82) is 0 Å². The van der Waals surface area contributed by atoms with Crippen LogP contribution in [0.25, 0.3) is 0 Å². The van der Waals surface area contributed by atoms with Gasteiger partial charge < -0.3 is 19.4 Å². The molecule has 3 heterocycles. The second kappa shape index (κ2) is 8.02. The van der Waals surface area contributed by atoms with Gasteiger partial charge in [-0.3, -0.25) is 14.5 Å². The van der Waals surface area contributed by atoms with E-state index in [9.17, 15) is 9.59 Å². The number of nitrogens with one attached hydrogen (secondary N) is 1. The number of nitrogens with zero attached hydrogens (tertiary/aromatic N) is 2. The van der Waals surface area contributed by atoms with E-state index < -0.39 is 0 Å². The Morgan fingerprint density at radius 3 is 2.59 bits per heavy atom. The van der Waals surface area contributed by atoms with Gasteiger partial charge in [0.05, 0.1) is 30.9 Å². The summed E-state index contributed by atoms with van der Waals surface area (Å²) in [7, 11) is 0. The van der Waals surface area contributed by atoms with Gasteiger partial charge in [-0.2, -0.15) is 0 Å². The predicted octanol–water partition coefficient (Wildman–Crippen LogP) is 1.63. The minimum Gasteiger partial charge on any atom is -0.467 e. The third kappa shape index (κ3) is 4.90. The Morgan fingerprint density at radius 1 is 1.26 bits per heavy atom. The molecule has 0 radical (unpaired) electrons. The second-order valence-electron chi connectivity index (χ2n) is 8.45. The van der Waals surface area contributed by atoms with Gasteiger partial charge in [0.25, 0.3) is 0 Å². The van der Waals surface area contributed by atoms with E-state index in [1.54, 1.807) is 17.2 Å². The molecule has 0 aliphatic carbocycles. The first-order valence-electron chi connectivity index (χ1n) is 9.73. The lowest BCUT2D eigenvalue weighted by Gasteiger charge is -2.45. The van der Waals surface area contributed by atoms with E-state index in [0.717, 1.165) is 18.8 Å². The average molecular weight is 377 g/mol. The van der Waals surface area contributed by atoms with Crippen LogP contribution in [0.2, 0.25) is 0 Å². The predicted molar refractivity (Wildman–Crippen MR) is 101 cm³/mol. The summed E-state index contributed by atoms with van der Waals surface area (Å²) in [6, 6.07) is 3.64. The number of hydrogen-bond acceptors (Lipinski definition) is 5. The molecule has 0 spiro atoms. The zero-order chi connectivity index (χ0) is 19.6. The van der Waals surface area contributed by atoms with Crippen molar-refractivity contribution < 1.29 is 18.7 Å². The molecule has 7 heteroatoms. The summed E-state index contributed by atoms with van der Waals surface area (Å²) in [5.74, 6) is 0.390. The van der Waals surface area contributed by atoms with E-state index in [1.165, 1.54) is 0 Å². The highest BCUT2D eigenvalue weighted by molar-refractivity contribution is 5.89. The number of likely N-dealkylation sites (tertiary alicyclic amines) is 1. The van der Waals surface area contributed by atoms with Gasteiger partial charge in [0.15, 0.2) is 0 Å². The minimum atomic E-state index is -0.300. The van der Waals surface area contributed by atoms with Crippen molar-refractivity contribution in [1.82, 2.24) is 15.1 Å². The molecule has 3 atom stereocenters. The van der Waals surface area contributed by atoms with E-state index in [4.69, 9.17) is 9.15 Å². The number of morpholine rings is 1. The zero-order valence-corrected chi connectivity index (χ0v) is 16.7. The molecule has 0 saturated carbocycles. The van der Waals surface area contributed by atoms with Crippen LogP contribution in [0.15, 0.2) is 22.8 Å². The Kier molecular flexibility index (Phi) is 5.91. The Hall–Kier alpha value is -1.86. The van der Waals surface area contributed by atoms with Gasteiger partial charge in [-0.1, -0.05) is 0 Å². The van der Waals surface area contributed by atoms with E-state index in [-0.39, 0.29) is 41.9 Å². The molecule has 1 aromatic rings. The van der Waals surface area contributed by atoms with Crippen LogP contribution in [0.4, 0.5) is 0 Å². The standard InChI is InChI=1S/C20H31N3O4/c1-14-9-23(10-15(2)27-14)20(3,4)13-21-19(25)16-8-18(24)22(11-16)12-17-6-5-7-26-17/h5-7,14-16H,8-13H2,1-4H3,(H,21,25)/t14-,15-,16-/m1/s1. The van der Waals surface area contributed by atoms with Crippen molar-refractivity contribution in [3.05, 3.63) is 24.2 Å². The summed E-state index contributed by atoms with van der Waals surface area (Å²) < 4.78 is 11.1. The van der Waals surface area contributed by atoms with Crippen LogP contribution in [0.5, 0.6) is 0 Å². The Morgan fingerprint density at radius 2 is 1.96 bits per heavy atom. The molecule has 2 aliphatic heterocycles. The smallest absolute Gasteiger partial charge is 0.225 e. The van der Waals surface area contributed by atoms with E-state index in [1.807, 2.05) is 6.07 Å². The summed E-state index contributed by atoms with van der Waals surface area (Å²) in [5.41, 5.74) is -0.168. The third-order valence-corrected chi connectivity index (χ3v) is 5.48. The fraction of sp³-hybridized carbons (Fsp3) is 0.700. The molecule has 27 heavy (non-hydrogen) atoms. The van der Waals surface area contributed by atoms with Gasteiger partial charge in [-0.05, 0) is 39.8 Å². The van der Waals surface area contributed by atoms with Crippen LogP contribution in [0, 0.1) is 5.92 Å². The van der Waals surface area contributed by atoms with Gasteiger partial charge >= 0.3 is 0 Å². The van der Waals surface area contributed by atoms with Crippen molar-refractivity contribution >= 4 is 11.8 Å². The molecule has 150 valence electrons. The number of carbonyl (C=O) groups is 2. The molecule has 1 N–H and O–H groups in total. The lowest BCUT2D eigenvalue weighted by molar-refractivity contribution is -0.129. The van der Waals surface area contributed by atoms with Crippen LogP contribution >= 0.6 is 0 Å². The van der Waals surface area contributed by atoms with Crippen LogP contribution in [-0.4, -0.2) is 65.5 Å². The number of rotatable bonds is 6. The van der Waals surface area contributed by atoms with Crippen LogP contribution < -0.4 is 5.32 Å². The molecule has 7 nitrogen and oxygen atoms in total. The zero-order valence-electron chi connectivity index (χ0n) is 16.7. The fourth-order valence-electron chi connectivity index (χ4n) is 3.92. The van der Waals surface area contributed by atoms with Gasteiger partial charge in [0.2, 0.25) is 11.8 Å². The molecular formula is C20H31N3O4.